The predicted octanol–water partition coefficient (Wildman–Crippen LogP) is 2.61. The first-order valence-electron chi connectivity index (χ1n) is 8.43. The van der Waals surface area contributed by atoms with Crippen molar-refractivity contribution < 1.29 is 28.5 Å². The quantitative estimate of drug-likeness (QED) is 0.792. The maximum absolute atomic E-state index is 11.8. The lowest BCUT2D eigenvalue weighted by molar-refractivity contribution is -0.188. The van der Waals surface area contributed by atoms with E-state index in [1.54, 1.807) is 0 Å². The number of hydrogen-bond acceptors (Lipinski definition) is 6. The van der Waals surface area contributed by atoms with Crippen LogP contribution in [0.2, 0.25) is 0 Å². The molecule has 1 saturated heterocycles. The van der Waals surface area contributed by atoms with E-state index >= 15 is 0 Å². The fourth-order valence-corrected chi connectivity index (χ4v) is 4.04. The van der Waals surface area contributed by atoms with Crippen LogP contribution in [0.1, 0.15) is 37.2 Å². The van der Waals surface area contributed by atoms with E-state index in [0.717, 1.165) is 36.3 Å². The molecule has 2 aliphatic heterocycles. The summed E-state index contributed by atoms with van der Waals surface area (Å²) in [4.78, 5) is 11.8. The lowest BCUT2D eigenvalue weighted by atomic mass is 9.71. The Morgan fingerprint density at radius 3 is 2.83 bits per heavy atom. The predicted molar refractivity (Wildman–Crippen MR) is 83.9 cm³/mol. The Morgan fingerprint density at radius 1 is 1.25 bits per heavy atom. The molecule has 2 heterocycles. The zero-order chi connectivity index (χ0) is 16.6. The maximum atomic E-state index is 11.8. The van der Waals surface area contributed by atoms with Gasteiger partial charge in [0.25, 0.3) is 0 Å². The number of carbonyl (C=O) groups is 1. The van der Waals surface area contributed by atoms with Crippen LogP contribution >= 0.6 is 0 Å². The number of rotatable bonds is 3. The van der Waals surface area contributed by atoms with Gasteiger partial charge in [-0.3, -0.25) is 4.79 Å². The van der Waals surface area contributed by atoms with Gasteiger partial charge in [0.2, 0.25) is 6.79 Å². The molecule has 6 heteroatoms. The number of methoxy groups -OCH3 is 1. The fourth-order valence-electron chi connectivity index (χ4n) is 4.04. The highest BCUT2D eigenvalue weighted by Gasteiger charge is 2.46. The largest absolute Gasteiger partial charge is 0.469 e. The third-order valence-electron chi connectivity index (χ3n) is 5.29. The summed E-state index contributed by atoms with van der Waals surface area (Å²) in [6.07, 6.45) is 2.84. The van der Waals surface area contributed by atoms with Crippen molar-refractivity contribution >= 4 is 5.97 Å². The highest BCUT2D eigenvalue weighted by atomic mass is 16.7. The monoisotopic (exact) mass is 334 g/mol. The first-order chi connectivity index (χ1) is 11.7. The molecular weight excluding hydrogens is 312 g/mol. The standard InChI is InChI=1S/C18H22O6/c1-20-17(19)9-13-4-5-18(23-6-7-24-18)10-14(13)12-2-3-15-16(8-12)22-11-21-15/h2-3,8,13-14H,4-7,9-11H2,1H3. The van der Waals surface area contributed by atoms with Gasteiger partial charge in [-0.1, -0.05) is 6.07 Å². The zero-order valence-electron chi connectivity index (χ0n) is 13.8. The third kappa shape index (κ3) is 2.84. The highest BCUT2D eigenvalue weighted by molar-refractivity contribution is 5.69. The van der Waals surface area contributed by atoms with Crippen molar-refractivity contribution in [2.24, 2.45) is 5.92 Å². The summed E-state index contributed by atoms with van der Waals surface area (Å²) in [5.74, 6) is 1.21. The van der Waals surface area contributed by atoms with E-state index in [-0.39, 0.29) is 24.6 Å². The van der Waals surface area contributed by atoms with Gasteiger partial charge >= 0.3 is 5.97 Å². The van der Waals surface area contributed by atoms with Crippen molar-refractivity contribution in [3.05, 3.63) is 23.8 Å². The van der Waals surface area contributed by atoms with E-state index in [9.17, 15) is 4.79 Å². The fraction of sp³-hybridized carbons (Fsp3) is 0.611. The Morgan fingerprint density at radius 2 is 2.04 bits per heavy atom. The maximum Gasteiger partial charge on any atom is 0.305 e. The van der Waals surface area contributed by atoms with E-state index in [4.69, 9.17) is 23.7 Å². The molecule has 1 spiro atoms. The second kappa shape index (κ2) is 6.26. The van der Waals surface area contributed by atoms with Gasteiger partial charge in [0.15, 0.2) is 17.3 Å². The lowest BCUT2D eigenvalue weighted by Gasteiger charge is -2.41. The summed E-state index contributed by atoms with van der Waals surface area (Å²) in [5, 5.41) is 0. The summed E-state index contributed by atoms with van der Waals surface area (Å²) in [6, 6.07) is 6.01. The molecule has 0 amide bonds. The van der Waals surface area contributed by atoms with Gasteiger partial charge in [-0.25, -0.2) is 0 Å². The molecule has 0 bridgehead atoms. The molecule has 1 aliphatic carbocycles. The van der Waals surface area contributed by atoms with Crippen LogP contribution in [0.3, 0.4) is 0 Å². The van der Waals surface area contributed by atoms with Gasteiger partial charge in [-0.05, 0) is 36.0 Å². The van der Waals surface area contributed by atoms with E-state index in [0.29, 0.717) is 19.6 Å². The van der Waals surface area contributed by atoms with Crippen molar-refractivity contribution in [2.45, 2.75) is 37.4 Å². The molecule has 1 aromatic carbocycles. The smallest absolute Gasteiger partial charge is 0.305 e. The normalized spacial score (nSPS) is 27.4. The minimum atomic E-state index is -0.506. The highest BCUT2D eigenvalue weighted by Crippen LogP contribution is 2.49. The Balaban J connectivity index is 1.61. The average molecular weight is 334 g/mol. The van der Waals surface area contributed by atoms with Crippen LogP contribution in [0.4, 0.5) is 0 Å². The van der Waals surface area contributed by atoms with E-state index in [1.165, 1.54) is 7.11 Å². The van der Waals surface area contributed by atoms with Crippen LogP contribution in [0.5, 0.6) is 11.5 Å². The molecule has 1 aromatic rings. The third-order valence-corrected chi connectivity index (χ3v) is 5.29. The minimum Gasteiger partial charge on any atom is -0.469 e. The number of carbonyl (C=O) groups excluding carboxylic acids is 1. The molecule has 130 valence electrons. The molecule has 2 fully saturated rings. The van der Waals surface area contributed by atoms with Crippen molar-refractivity contribution in [3.8, 4) is 11.5 Å². The zero-order valence-corrected chi connectivity index (χ0v) is 13.8. The second-order valence-corrected chi connectivity index (χ2v) is 6.61. The molecular formula is C18H22O6. The molecule has 0 N–H and O–H groups in total. The molecule has 2 atom stereocenters. The van der Waals surface area contributed by atoms with Crippen molar-refractivity contribution in [3.63, 3.8) is 0 Å². The van der Waals surface area contributed by atoms with Crippen LogP contribution in [0.15, 0.2) is 18.2 Å². The lowest BCUT2D eigenvalue weighted by Crippen LogP contribution is -2.40. The van der Waals surface area contributed by atoms with E-state index in [1.807, 2.05) is 12.1 Å². The second-order valence-electron chi connectivity index (χ2n) is 6.61. The first kappa shape index (κ1) is 15.7. The molecule has 4 rings (SSSR count). The Labute approximate surface area is 141 Å². The van der Waals surface area contributed by atoms with E-state index in [2.05, 4.69) is 6.07 Å². The van der Waals surface area contributed by atoms with Crippen LogP contribution in [-0.4, -0.2) is 38.9 Å². The number of esters is 1. The molecule has 2 unspecified atom stereocenters. The van der Waals surface area contributed by atoms with Gasteiger partial charge in [-0.2, -0.15) is 0 Å². The molecule has 3 aliphatic rings. The summed E-state index contributed by atoms with van der Waals surface area (Å²) < 4.78 is 27.6. The number of benzene rings is 1. The van der Waals surface area contributed by atoms with Gasteiger partial charge in [-0.15, -0.1) is 0 Å². The molecule has 1 saturated carbocycles. The summed E-state index contributed by atoms with van der Waals surface area (Å²) in [6.45, 7) is 1.52. The summed E-state index contributed by atoms with van der Waals surface area (Å²) in [7, 11) is 1.44. The first-order valence-corrected chi connectivity index (χ1v) is 8.43. The topological polar surface area (TPSA) is 63.2 Å². The minimum absolute atomic E-state index is 0.158. The molecule has 6 nitrogen and oxygen atoms in total. The van der Waals surface area contributed by atoms with E-state index < -0.39 is 5.79 Å². The van der Waals surface area contributed by atoms with Crippen LogP contribution in [0, 0.1) is 5.92 Å². The van der Waals surface area contributed by atoms with Gasteiger partial charge in [0.1, 0.15) is 0 Å². The molecule has 0 aromatic heterocycles. The Hall–Kier alpha value is -1.79. The SMILES string of the molecule is COC(=O)CC1CCC2(CC1c1ccc3c(c1)OCO3)OCCO2. The Bertz CT molecular complexity index is 622. The van der Waals surface area contributed by atoms with Gasteiger partial charge in [0, 0.05) is 19.3 Å². The van der Waals surface area contributed by atoms with Gasteiger partial charge < -0.3 is 23.7 Å². The molecule has 24 heavy (non-hydrogen) atoms. The van der Waals surface area contributed by atoms with Crippen LogP contribution < -0.4 is 9.47 Å². The molecule has 0 radical (unpaired) electrons. The number of ether oxygens (including phenoxy) is 5. The van der Waals surface area contributed by atoms with Crippen molar-refractivity contribution in [1.82, 2.24) is 0 Å². The van der Waals surface area contributed by atoms with Crippen LogP contribution in [0.25, 0.3) is 0 Å². The van der Waals surface area contributed by atoms with Crippen LogP contribution in [-0.2, 0) is 19.0 Å². The average Bonchev–Trinajstić information content (AvgIpc) is 3.25. The van der Waals surface area contributed by atoms with Crippen molar-refractivity contribution in [1.29, 1.82) is 0 Å². The van der Waals surface area contributed by atoms with Gasteiger partial charge in [0.05, 0.1) is 20.3 Å². The van der Waals surface area contributed by atoms with Crippen molar-refractivity contribution in [2.75, 3.05) is 27.1 Å². The number of hydrogen-bond donors (Lipinski definition) is 0. The Kier molecular flexibility index (Phi) is 4.10. The summed E-state index contributed by atoms with van der Waals surface area (Å²) in [5.41, 5.74) is 1.13. The number of fused-ring (bicyclic) bond motifs is 1. The summed E-state index contributed by atoms with van der Waals surface area (Å²) >= 11 is 0.